The second-order valence-electron chi connectivity index (χ2n) is 6.05. The van der Waals surface area contributed by atoms with Gasteiger partial charge in [0.15, 0.2) is 5.76 Å². The van der Waals surface area contributed by atoms with Crippen molar-refractivity contribution < 1.29 is 9.32 Å². The van der Waals surface area contributed by atoms with Gasteiger partial charge in [0, 0.05) is 17.3 Å². The van der Waals surface area contributed by atoms with Gasteiger partial charge in [-0.2, -0.15) is 0 Å². The van der Waals surface area contributed by atoms with Crippen molar-refractivity contribution in [3.8, 4) is 11.3 Å². The quantitative estimate of drug-likeness (QED) is 0.744. The van der Waals surface area contributed by atoms with E-state index in [9.17, 15) is 4.79 Å². The number of anilines is 1. The van der Waals surface area contributed by atoms with E-state index in [-0.39, 0.29) is 12.3 Å². The molecule has 24 heavy (non-hydrogen) atoms. The van der Waals surface area contributed by atoms with Crippen molar-refractivity contribution in [1.29, 1.82) is 0 Å². The lowest BCUT2D eigenvalue weighted by molar-refractivity contribution is -0.115. The van der Waals surface area contributed by atoms with Crippen LogP contribution in [0.5, 0.6) is 0 Å². The van der Waals surface area contributed by atoms with Gasteiger partial charge in [0.05, 0.1) is 12.1 Å². The Labute approximate surface area is 141 Å². The fourth-order valence-electron chi connectivity index (χ4n) is 2.45. The maximum absolute atomic E-state index is 12.2. The monoisotopic (exact) mass is 320 g/mol. The number of carbonyl (C=O) groups is 1. The van der Waals surface area contributed by atoms with E-state index in [0.717, 1.165) is 11.3 Å². The molecule has 1 N–H and O–H groups in total. The summed E-state index contributed by atoms with van der Waals surface area (Å²) in [7, 11) is 0. The van der Waals surface area contributed by atoms with Crippen LogP contribution in [0.2, 0.25) is 0 Å². The minimum absolute atomic E-state index is 0.111. The van der Waals surface area contributed by atoms with Crippen LogP contribution < -0.4 is 5.32 Å². The Hall–Kier alpha value is -2.88. The molecule has 2 aromatic carbocycles. The molecule has 3 rings (SSSR count). The van der Waals surface area contributed by atoms with Crippen LogP contribution in [0.1, 0.15) is 31.0 Å². The maximum atomic E-state index is 12.2. The fraction of sp³-hybridized carbons (Fsp3) is 0.200. The third kappa shape index (κ3) is 3.90. The maximum Gasteiger partial charge on any atom is 0.230 e. The molecule has 4 heteroatoms. The predicted molar refractivity (Wildman–Crippen MR) is 94.8 cm³/mol. The first-order valence-electron chi connectivity index (χ1n) is 8.02. The zero-order valence-electron chi connectivity index (χ0n) is 13.8. The highest BCUT2D eigenvalue weighted by molar-refractivity contribution is 5.92. The van der Waals surface area contributed by atoms with Crippen molar-refractivity contribution in [3.63, 3.8) is 0 Å². The standard InChI is InChI=1S/C20H20N2O2/c1-14(2)15-8-10-17(11-9-15)21-20(23)13-18-12-19(24-22-18)16-6-4-3-5-7-16/h3-12,14H,13H2,1-2H3,(H,21,23). The molecule has 1 heterocycles. The lowest BCUT2D eigenvalue weighted by atomic mass is 10.0. The number of hydrogen-bond donors (Lipinski definition) is 1. The Balaban J connectivity index is 1.62. The molecule has 0 saturated heterocycles. The molecule has 3 aromatic rings. The Bertz CT molecular complexity index is 805. The molecule has 0 fully saturated rings. The molecule has 4 nitrogen and oxygen atoms in total. The summed E-state index contributed by atoms with van der Waals surface area (Å²) in [5.74, 6) is 1.03. The van der Waals surface area contributed by atoms with Crippen LogP contribution in [0.25, 0.3) is 11.3 Å². The second kappa shape index (κ2) is 7.13. The summed E-state index contributed by atoms with van der Waals surface area (Å²) in [6.07, 6.45) is 0.183. The summed E-state index contributed by atoms with van der Waals surface area (Å²) in [4.78, 5) is 12.2. The summed E-state index contributed by atoms with van der Waals surface area (Å²) < 4.78 is 5.31. The molecule has 0 atom stereocenters. The van der Waals surface area contributed by atoms with Gasteiger partial charge in [-0.3, -0.25) is 4.79 Å². The lowest BCUT2D eigenvalue weighted by Crippen LogP contribution is -2.14. The third-order valence-electron chi connectivity index (χ3n) is 3.82. The number of rotatable bonds is 5. The van der Waals surface area contributed by atoms with E-state index >= 15 is 0 Å². The van der Waals surface area contributed by atoms with Gasteiger partial charge in [-0.1, -0.05) is 61.5 Å². The van der Waals surface area contributed by atoms with Crippen LogP contribution in [0.4, 0.5) is 5.69 Å². The van der Waals surface area contributed by atoms with E-state index < -0.39 is 0 Å². The number of amides is 1. The van der Waals surface area contributed by atoms with E-state index in [4.69, 9.17) is 4.52 Å². The van der Waals surface area contributed by atoms with Crippen molar-refractivity contribution in [2.24, 2.45) is 0 Å². The zero-order valence-corrected chi connectivity index (χ0v) is 13.8. The average Bonchev–Trinajstić information content (AvgIpc) is 3.04. The van der Waals surface area contributed by atoms with Crippen molar-refractivity contribution in [2.75, 3.05) is 5.32 Å². The molecule has 122 valence electrons. The molecular formula is C20H20N2O2. The number of nitrogens with one attached hydrogen (secondary N) is 1. The highest BCUT2D eigenvalue weighted by Gasteiger charge is 2.11. The first-order chi connectivity index (χ1) is 11.6. The van der Waals surface area contributed by atoms with Crippen LogP contribution in [0.3, 0.4) is 0 Å². The topological polar surface area (TPSA) is 55.1 Å². The van der Waals surface area contributed by atoms with Gasteiger partial charge in [-0.25, -0.2) is 0 Å². The first kappa shape index (κ1) is 16.0. The van der Waals surface area contributed by atoms with Crippen molar-refractivity contribution in [3.05, 3.63) is 71.9 Å². The van der Waals surface area contributed by atoms with Gasteiger partial charge in [0.25, 0.3) is 0 Å². The van der Waals surface area contributed by atoms with Crippen LogP contribution >= 0.6 is 0 Å². The van der Waals surface area contributed by atoms with E-state index in [0.29, 0.717) is 17.4 Å². The summed E-state index contributed by atoms with van der Waals surface area (Å²) in [6, 6.07) is 19.4. The summed E-state index contributed by atoms with van der Waals surface area (Å²) in [5.41, 5.74) is 3.60. The second-order valence-corrected chi connectivity index (χ2v) is 6.05. The lowest BCUT2D eigenvalue weighted by Gasteiger charge is -2.07. The van der Waals surface area contributed by atoms with Crippen LogP contribution in [-0.2, 0) is 11.2 Å². The predicted octanol–water partition coefficient (Wildman–Crippen LogP) is 4.65. The number of aromatic nitrogens is 1. The number of carbonyl (C=O) groups excluding carboxylic acids is 1. The van der Waals surface area contributed by atoms with Crippen molar-refractivity contribution in [2.45, 2.75) is 26.2 Å². The van der Waals surface area contributed by atoms with E-state index in [1.165, 1.54) is 5.56 Å². The summed E-state index contributed by atoms with van der Waals surface area (Å²) in [5, 5.41) is 6.86. The van der Waals surface area contributed by atoms with E-state index in [1.807, 2.05) is 54.6 Å². The SMILES string of the molecule is CC(C)c1ccc(NC(=O)Cc2cc(-c3ccccc3)on2)cc1. The summed E-state index contributed by atoms with van der Waals surface area (Å²) >= 11 is 0. The minimum atomic E-state index is -0.111. The smallest absolute Gasteiger partial charge is 0.230 e. The van der Waals surface area contributed by atoms with E-state index in [2.05, 4.69) is 24.3 Å². The molecule has 0 unspecified atom stereocenters. The highest BCUT2D eigenvalue weighted by atomic mass is 16.5. The Morgan fingerprint density at radius 3 is 2.46 bits per heavy atom. The van der Waals surface area contributed by atoms with Crippen molar-refractivity contribution in [1.82, 2.24) is 5.16 Å². The number of nitrogens with zero attached hydrogens (tertiary/aromatic N) is 1. The molecule has 0 aliphatic heterocycles. The molecule has 0 saturated carbocycles. The van der Waals surface area contributed by atoms with Gasteiger partial charge >= 0.3 is 0 Å². The highest BCUT2D eigenvalue weighted by Crippen LogP contribution is 2.20. The fourth-order valence-corrected chi connectivity index (χ4v) is 2.45. The molecule has 0 radical (unpaired) electrons. The molecule has 0 aliphatic rings. The molecule has 0 bridgehead atoms. The average molecular weight is 320 g/mol. The van der Waals surface area contributed by atoms with Gasteiger partial charge in [-0.15, -0.1) is 0 Å². The van der Waals surface area contributed by atoms with Crippen molar-refractivity contribution >= 4 is 11.6 Å². The minimum Gasteiger partial charge on any atom is -0.356 e. The molecule has 1 amide bonds. The molecule has 0 spiro atoms. The first-order valence-corrected chi connectivity index (χ1v) is 8.02. The van der Waals surface area contributed by atoms with Gasteiger partial charge in [0.1, 0.15) is 0 Å². The van der Waals surface area contributed by atoms with Crippen LogP contribution in [0.15, 0.2) is 65.2 Å². The van der Waals surface area contributed by atoms with E-state index in [1.54, 1.807) is 6.07 Å². The largest absolute Gasteiger partial charge is 0.356 e. The molecule has 0 aliphatic carbocycles. The normalized spacial score (nSPS) is 10.8. The van der Waals surface area contributed by atoms with Gasteiger partial charge < -0.3 is 9.84 Å². The summed E-state index contributed by atoms with van der Waals surface area (Å²) in [6.45, 7) is 4.28. The van der Waals surface area contributed by atoms with Gasteiger partial charge in [0.2, 0.25) is 5.91 Å². The number of benzene rings is 2. The zero-order chi connectivity index (χ0) is 16.9. The molecule has 1 aromatic heterocycles. The van der Waals surface area contributed by atoms with Crippen LogP contribution in [0, 0.1) is 0 Å². The van der Waals surface area contributed by atoms with Crippen LogP contribution in [-0.4, -0.2) is 11.1 Å². The number of hydrogen-bond acceptors (Lipinski definition) is 3. The Kier molecular flexibility index (Phi) is 4.75. The molecular weight excluding hydrogens is 300 g/mol. The third-order valence-corrected chi connectivity index (χ3v) is 3.82. The Morgan fingerprint density at radius 1 is 1.08 bits per heavy atom. The van der Waals surface area contributed by atoms with Gasteiger partial charge in [-0.05, 0) is 23.6 Å². The Morgan fingerprint density at radius 2 is 1.79 bits per heavy atom.